The smallest absolute Gasteiger partial charge is 0.280 e. The van der Waals surface area contributed by atoms with Gasteiger partial charge in [-0.3, -0.25) is 0 Å². The first-order valence-corrected chi connectivity index (χ1v) is 7.74. The lowest BCUT2D eigenvalue weighted by molar-refractivity contribution is 0.146. The Morgan fingerprint density at radius 1 is 0.960 bits per heavy atom. The lowest BCUT2D eigenvalue weighted by Gasteiger charge is -2.10. The Morgan fingerprint density at radius 3 is 2.28 bits per heavy atom. The van der Waals surface area contributed by atoms with Crippen LogP contribution in [-0.2, 0) is 6.54 Å². The van der Waals surface area contributed by atoms with Crippen LogP contribution in [0.5, 0.6) is 0 Å². The first kappa shape index (κ1) is 17.0. The largest absolute Gasteiger partial charge is 0.350 e. The van der Waals surface area contributed by atoms with Crippen LogP contribution in [0.25, 0.3) is 11.3 Å². The van der Waals surface area contributed by atoms with E-state index in [1.54, 1.807) is 12.1 Å². The number of halogens is 3. The van der Waals surface area contributed by atoms with E-state index < -0.39 is 6.43 Å². The Balaban J connectivity index is 1.87. The van der Waals surface area contributed by atoms with Crippen molar-refractivity contribution in [3.63, 3.8) is 0 Å². The van der Waals surface area contributed by atoms with E-state index in [9.17, 15) is 13.2 Å². The van der Waals surface area contributed by atoms with Gasteiger partial charge in [0.1, 0.15) is 11.5 Å². The van der Waals surface area contributed by atoms with E-state index in [0.29, 0.717) is 12.2 Å². The number of nitrogens with zero attached hydrogens (tertiary/aromatic N) is 2. The number of aromatic nitrogens is 2. The second kappa shape index (κ2) is 7.34. The van der Waals surface area contributed by atoms with Crippen LogP contribution in [0, 0.1) is 12.7 Å². The second-order valence-electron chi connectivity index (χ2n) is 5.65. The van der Waals surface area contributed by atoms with Gasteiger partial charge in [-0.1, -0.05) is 42.0 Å². The summed E-state index contributed by atoms with van der Waals surface area (Å²) in [7, 11) is 0. The topological polar surface area (TPSA) is 37.8 Å². The van der Waals surface area contributed by atoms with Gasteiger partial charge < -0.3 is 5.32 Å². The molecular formula is C19H16F3N3. The van der Waals surface area contributed by atoms with Gasteiger partial charge in [-0.05, 0) is 30.7 Å². The number of alkyl halides is 2. The molecule has 0 aliphatic heterocycles. The van der Waals surface area contributed by atoms with E-state index in [0.717, 1.165) is 16.7 Å². The zero-order valence-corrected chi connectivity index (χ0v) is 13.5. The summed E-state index contributed by atoms with van der Waals surface area (Å²) in [5.41, 5.74) is 2.68. The molecule has 0 bridgehead atoms. The highest BCUT2D eigenvalue weighted by Crippen LogP contribution is 2.25. The van der Waals surface area contributed by atoms with Gasteiger partial charge in [0.05, 0.1) is 5.69 Å². The molecule has 1 N–H and O–H groups in total. The first-order valence-electron chi connectivity index (χ1n) is 7.74. The lowest BCUT2D eigenvalue weighted by Crippen LogP contribution is -2.06. The summed E-state index contributed by atoms with van der Waals surface area (Å²) in [6.07, 6.45) is -2.70. The van der Waals surface area contributed by atoms with E-state index in [1.165, 1.54) is 18.2 Å². The summed E-state index contributed by atoms with van der Waals surface area (Å²) in [5.74, 6) is -0.223. The summed E-state index contributed by atoms with van der Waals surface area (Å²) < 4.78 is 39.2. The highest BCUT2D eigenvalue weighted by molar-refractivity contribution is 5.61. The molecule has 0 radical (unpaired) electrons. The summed E-state index contributed by atoms with van der Waals surface area (Å²) in [6.45, 7) is 2.25. The zero-order chi connectivity index (χ0) is 17.8. The Morgan fingerprint density at radius 2 is 1.64 bits per heavy atom. The number of hydrogen-bond donors (Lipinski definition) is 1. The van der Waals surface area contributed by atoms with Crippen LogP contribution in [0.4, 0.5) is 19.1 Å². The van der Waals surface area contributed by atoms with Crippen molar-refractivity contribution in [2.75, 3.05) is 5.32 Å². The molecule has 2 aromatic carbocycles. The molecule has 0 unspecified atom stereocenters. The van der Waals surface area contributed by atoms with Crippen molar-refractivity contribution in [1.29, 1.82) is 0 Å². The molecule has 0 amide bonds. The predicted molar refractivity (Wildman–Crippen MR) is 90.9 cm³/mol. The normalized spacial score (nSPS) is 10.9. The standard InChI is InChI=1S/C19H16F3N3/c1-12-2-6-14(7-3-12)16-10-17(18(21)22)25-19(24-16)23-11-13-4-8-15(20)9-5-13/h2-10,18H,11H2,1H3,(H,23,24,25). The van der Waals surface area contributed by atoms with Gasteiger partial charge in [0.15, 0.2) is 0 Å². The fourth-order valence-electron chi connectivity index (χ4n) is 2.31. The van der Waals surface area contributed by atoms with Crippen molar-refractivity contribution in [2.45, 2.75) is 19.9 Å². The van der Waals surface area contributed by atoms with Crippen LogP contribution < -0.4 is 5.32 Å². The molecule has 0 aliphatic carbocycles. The molecule has 0 atom stereocenters. The summed E-state index contributed by atoms with van der Waals surface area (Å²) in [5, 5.41) is 2.92. The van der Waals surface area contributed by atoms with Crippen molar-refractivity contribution in [2.24, 2.45) is 0 Å². The molecule has 0 saturated carbocycles. The van der Waals surface area contributed by atoms with Crippen LogP contribution in [0.15, 0.2) is 54.6 Å². The molecular weight excluding hydrogens is 327 g/mol. The van der Waals surface area contributed by atoms with E-state index >= 15 is 0 Å². The third-order valence-corrected chi connectivity index (χ3v) is 3.68. The zero-order valence-electron chi connectivity index (χ0n) is 13.5. The van der Waals surface area contributed by atoms with Gasteiger partial charge in [-0.2, -0.15) is 0 Å². The van der Waals surface area contributed by atoms with Gasteiger partial charge >= 0.3 is 0 Å². The van der Waals surface area contributed by atoms with Gasteiger partial charge in [-0.25, -0.2) is 23.1 Å². The number of rotatable bonds is 5. The summed E-state index contributed by atoms with van der Waals surface area (Å²) in [4.78, 5) is 8.18. The minimum Gasteiger partial charge on any atom is -0.350 e. The highest BCUT2D eigenvalue weighted by Gasteiger charge is 2.14. The monoisotopic (exact) mass is 343 g/mol. The molecule has 0 spiro atoms. The quantitative estimate of drug-likeness (QED) is 0.697. The molecule has 3 nitrogen and oxygen atoms in total. The average Bonchev–Trinajstić information content (AvgIpc) is 2.61. The van der Waals surface area contributed by atoms with Gasteiger partial charge in [0, 0.05) is 12.1 Å². The molecule has 1 aromatic heterocycles. The van der Waals surface area contributed by atoms with Crippen molar-refractivity contribution < 1.29 is 13.2 Å². The molecule has 0 saturated heterocycles. The average molecular weight is 343 g/mol. The lowest BCUT2D eigenvalue weighted by atomic mass is 10.1. The number of nitrogens with one attached hydrogen (secondary N) is 1. The molecule has 3 rings (SSSR count). The van der Waals surface area contributed by atoms with Crippen LogP contribution in [-0.4, -0.2) is 9.97 Å². The number of aryl methyl sites for hydroxylation is 1. The number of anilines is 1. The van der Waals surface area contributed by atoms with E-state index in [4.69, 9.17) is 0 Å². The highest BCUT2D eigenvalue weighted by atomic mass is 19.3. The molecule has 128 valence electrons. The van der Waals surface area contributed by atoms with Crippen LogP contribution in [0.3, 0.4) is 0 Å². The molecule has 1 heterocycles. The molecule has 25 heavy (non-hydrogen) atoms. The van der Waals surface area contributed by atoms with Gasteiger partial charge in [0.25, 0.3) is 6.43 Å². The maximum atomic E-state index is 13.2. The fourth-order valence-corrected chi connectivity index (χ4v) is 2.31. The number of benzene rings is 2. The third-order valence-electron chi connectivity index (χ3n) is 3.68. The van der Waals surface area contributed by atoms with E-state index in [-0.39, 0.29) is 17.5 Å². The van der Waals surface area contributed by atoms with Crippen LogP contribution in [0.1, 0.15) is 23.2 Å². The third kappa shape index (κ3) is 4.35. The maximum Gasteiger partial charge on any atom is 0.280 e. The van der Waals surface area contributed by atoms with Crippen molar-refractivity contribution in [3.05, 3.63) is 77.2 Å². The van der Waals surface area contributed by atoms with Gasteiger partial charge in [-0.15, -0.1) is 0 Å². The Kier molecular flexibility index (Phi) is 4.97. The van der Waals surface area contributed by atoms with Gasteiger partial charge in [0.2, 0.25) is 5.95 Å². The Labute approximate surface area is 143 Å². The van der Waals surface area contributed by atoms with E-state index in [1.807, 2.05) is 31.2 Å². The van der Waals surface area contributed by atoms with Crippen LogP contribution >= 0.6 is 0 Å². The minimum absolute atomic E-state index is 0.109. The fraction of sp³-hybridized carbons (Fsp3) is 0.158. The summed E-state index contributed by atoms with van der Waals surface area (Å²) in [6, 6.07) is 14.6. The molecule has 0 aliphatic rings. The first-order chi connectivity index (χ1) is 12.0. The van der Waals surface area contributed by atoms with E-state index in [2.05, 4.69) is 15.3 Å². The van der Waals surface area contributed by atoms with Crippen LogP contribution in [0.2, 0.25) is 0 Å². The molecule has 0 fully saturated rings. The summed E-state index contributed by atoms with van der Waals surface area (Å²) >= 11 is 0. The Hall–Kier alpha value is -2.89. The van der Waals surface area contributed by atoms with Crippen molar-refractivity contribution >= 4 is 5.95 Å². The Bertz CT molecular complexity index is 847. The molecule has 6 heteroatoms. The maximum absolute atomic E-state index is 13.2. The van der Waals surface area contributed by atoms with Crippen molar-refractivity contribution in [3.8, 4) is 11.3 Å². The van der Waals surface area contributed by atoms with Crippen molar-refractivity contribution in [1.82, 2.24) is 9.97 Å². The molecule has 3 aromatic rings. The SMILES string of the molecule is Cc1ccc(-c2cc(C(F)F)nc(NCc3ccc(F)cc3)n2)cc1. The second-order valence-corrected chi connectivity index (χ2v) is 5.65. The predicted octanol–water partition coefficient (Wildman–Crippen LogP) is 5.14. The number of hydrogen-bond acceptors (Lipinski definition) is 3. The minimum atomic E-state index is -2.70.